The molecule has 0 aliphatic heterocycles. The van der Waals surface area contributed by atoms with Crippen LogP contribution in [0.4, 0.5) is 0 Å². The summed E-state index contributed by atoms with van der Waals surface area (Å²) in [6.45, 7) is 1.90. The van der Waals surface area contributed by atoms with Crippen molar-refractivity contribution in [2.75, 3.05) is 0 Å². The standard InChI is InChI=1S/C13H13N5O2S2/c1-8-5-9(20-17-8)7-22-13-16-15-12(10-3-2-4-21-10)18(13)6-11(14)19/h2-5H,6-7H2,1H3,(H2,14,19). The molecule has 2 N–H and O–H groups in total. The predicted octanol–water partition coefficient (Wildman–Crippen LogP) is 2.08. The maximum absolute atomic E-state index is 11.3. The Balaban J connectivity index is 1.85. The molecule has 0 saturated heterocycles. The third-order valence-corrected chi connectivity index (χ3v) is 4.65. The predicted molar refractivity (Wildman–Crippen MR) is 83.3 cm³/mol. The lowest BCUT2D eigenvalue weighted by Gasteiger charge is -2.06. The van der Waals surface area contributed by atoms with E-state index in [9.17, 15) is 4.79 Å². The SMILES string of the molecule is Cc1cc(CSc2nnc(-c3cccs3)n2CC(N)=O)on1. The van der Waals surface area contributed by atoms with Gasteiger partial charge < -0.3 is 10.3 Å². The number of hydrogen-bond donors (Lipinski definition) is 1. The molecule has 0 bridgehead atoms. The molecule has 3 rings (SSSR count). The average molecular weight is 335 g/mol. The van der Waals surface area contributed by atoms with Crippen LogP contribution in [-0.4, -0.2) is 25.8 Å². The van der Waals surface area contributed by atoms with E-state index in [0.29, 0.717) is 16.7 Å². The molecule has 0 unspecified atom stereocenters. The highest BCUT2D eigenvalue weighted by Gasteiger charge is 2.17. The molecule has 0 aliphatic rings. The number of thiophene rings is 1. The fourth-order valence-electron chi connectivity index (χ4n) is 1.90. The van der Waals surface area contributed by atoms with Crippen molar-refractivity contribution in [1.82, 2.24) is 19.9 Å². The normalized spacial score (nSPS) is 11.0. The van der Waals surface area contributed by atoms with Gasteiger partial charge in [0.05, 0.1) is 16.3 Å². The molecule has 0 aromatic carbocycles. The Labute approximate surface area is 134 Å². The number of aromatic nitrogens is 4. The van der Waals surface area contributed by atoms with Gasteiger partial charge in [0.25, 0.3) is 0 Å². The van der Waals surface area contributed by atoms with E-state index in [1.165, 1.54) is 23.1 Å². The van der Waals surface area contributed by atoms with Crippen molar-refractivity contribution in [2.24, 2.45) is 5.73 Å². The van der Waals surface area contributed by atoms with E-state index in [1.54, 1.807) is 4.57 Å². The summed E-state index contributed by atoms with van der Waals surface area (Å²) < 4.78 is 6.89. The Bertz CT molecular complexity index is 778. The van der Waals surface area contributed by atoms with E-state index in [0.717, 1.165) is 16.3 Å². The maximum atomic E-state index is 11.3. The van der Waals surface area contributed by atoms with Crippen LogP contribution in [0.15, 0.2) is 33.3 Å². The van der Waals surface area contributed by atoms with Gasteiger partial charge in [0.15, 0.2) is 11.0 Å². The van der Waals surface area contributed by atoms with Gasteiger partial charge in [0, 0.05) is 6.07 Å². The van der Waals surface area contributed by atoms with Gasteiger partial charge in [-0.05, 0) is 18.4 Å². The zero-order valence-corrected chi connectivity index (χ0v) is 13.4. The van der Waals surface area contributed by atoms with Crippen molar-refractivity contribution in [3.63, 3.8) is 0 Å². The smallest absolute Gasteiger partial charge is 0.237 e. The first-order valence-corrected chi connectivity index (χ1v) is 8.30. The molecule has 22 heavy (non-hydrogen) atoms. The number of primary amides is 1. The summed E-state index contributed by atoms with van der Waals surface area (Å²) in [5.41, 5.74) is 6.16. The Morgan fingerprint density at radius 1 is 1.50 bits per heavy atom. The molecule has 9 heteroatoms. The molecule has 3 aromatic rings. The highest BCUT2D eigenvalue weighted by Crippen LogP contribution is 2.28. The van der Waals surface area contributed by atoms with Crippen LogP contribution in [0, 0.1) is 6.92 Å². The molecule has 3 heterocycles. The van der Waals surface area contributed by atoms with Gasteiger partial charge in [-0.1, -0.05) is 23.0 Å². The molecule has 0 atom stereocenters. The van der Waals surface area contributed by atoms with Crippen molar-refractivity contribution in [2.45, 2.75) is 24.4 Å². The molecule has 0 aliphatic carbocycles. The Hall–Kier alpha value is -2.13. The second-order valence-electron chi connectivity index (χ2n) is 4.56. The zero-order valence-electron chi connectivity index (χ0n) is 11.7. The zero-order chi connectivity index (χ0) is 15.5. The van der Waals surface area contributed by atoms with E-state index in [-0.39, 0.29) is 6.54 Å². The van der Waals surface area contributed by atoms with Crippen LogP contribution >= 0.6 is 23.1 Å². The fraction of sp³-hybridized carbons (Fsp3) is 0.231. The first kappa shape index (κ1) is 14.8. The minimum Gasteiger partial charge on any atom is -0.368 e. The van der Waals surface area contributed by atoms with Crippen LogP contribution in [0.25, 0.3) is 10.7 Å². The van der Waals surface area contributed by atoms with Gasteiger partial charge >= 0.3 is 0 Å². The number of amides is 1. The van der Waals surface area contributed by atoms with E-state index >= 15 is 0 Å². The molecule has 0 fully saturated rings. The highest BCUT2D eigenvalue weighted by molar-refractivity contribution is 7.98. The van der Waals surface area contributed by atoms with Crippen LogP contribution in [-0.2, 0) is 17.1 Å². The molecule has 1 amide bonds. The summed E-state index contributed by atoms with van der Waals surface area (Å²) in [4.78, 5) is 12.3. The number of nitrogens with two attached hydrogens (primary N) is 1. The summed E-state index contributed by atoms with van der Waals surface area (Å²) in [6, 6.07) is 5.72. The number of carbonyl (C=O) groups is 1. The summed E-state index contributed by atoms with van der Waals surface area (Å²) in [7, 11) is 0. The third kappa shape index (κ3) is 3.20. The summed E-state index contributed by atoms with van der Waals surface area (Å²) >= 11 is 2.96. The van der Waals surface area contributed by atoms with E-state index in [2.05, 4.69) is 15.4 Å². The Morgan fingerprint density at radius 2 is 2.36 bits per heavy atom. The van der Waals surface area contributed by atoms with E-state index < -0.39 is 5.91 Å². The van der Waals surface area contributed by atoms with Crippen molar-refractivity contribution in [3.8, 4) is 10.7 Å². The monoisotopic (exact) mass is 335 g/mol. The van der Waals surface area contributed by atoms with Gasteiger partial charge in [-0.3, -0.25) is 9.36 Å². The van der Waals surface area contributed by atoms with Gasteiger partial charge in [0.2, 0.25) is 5.91 Å². The Kier molecular flexibility index (Phi) is 4.25. The number of carbonyl (C=O) groups excluding carboxylic acids is 1. The number of thioether (sulfide) groups is 1. The number of nitrogens with zero attached hydrogens (tertiary/aromatic N) is 4. The lowest BCUT2D eigenvalue weighted by atomic mass is 10.4. The van der Waals surface area contributed by atoms with Crippen LogP contribution in [0.1, 0.15) is 11.5 Å². The van der Waals surface area contributed by atoms with Crippen LogP contribution in [0.5, 0.6) is 0 Å². The largest absolute Gasteiger partial charge is 0.368 e. The molecule has 7 nitrogen and oxygen atoms in total. The molecule has 114 valence electrons. The van der Waals surface area contributed by atoms with Crippen LogP contribution in [0.3, 0.4) is 0 Å². The number of rotatable bonds is 6. The Morgan fingerprint density at radius 3 is 3.00 bits per heavy atom. The van der Waals surface area contributed by atoms with Crippen molar-refractivity contribution in [3.05, 3.63) is 35.0 Å². The van der Waals surface area contributed by atoms with Crippen LogP contribution < -0.4 is 5.73 Å². The lowest BCUT2D eigenvalue weighted by Crippen LogP contribution is -2.19. The van der Waals surface area contributed by atoms with Crippen molar-refractivity contribution >= 4 is 29.0 Å². The van der Waals surface area contributed by atoms with Crippen molar-refractivity contribution in [1.29, 1.82) is 0 Å². The molecular weight excluding hydrogens is 322 g/mol. The quantitative estimate of drug-likeness (QED) is 0.692. The second-order valence-corrected chi connectivity index (χ2v) is 6.45. The second kappa shape index (κ2) is 6.32. The average Bonchev–Trinajstić information content (AvgIpc) is 3.17. The first-order valence-electron chi connectivity index (χ1n) is 6.44. The van der Waals surface area contributed by atoms with Gasteiger partial charge in [-0.25, -0.2) is 0 Å². The topological polar surface area (TPSA) is 99.8 Å². The minimum atomic E-state index is -0.435. The van der Waals surface area contributed by atoms with Crippen LogP contribution in [0.2, 0.25) is 0 Å². The number of aryl methyl sites for hydroxylation is 1. The highest BCUT2D eigenvalue weighted by atomic mass is 32.2. The minimum absolute atomic E-state index is 0.0397. The van der Waals surface area contributed by atoms with Gasteiger partial charge in [-0.2, -0.15) is 0 Å². The van der Waals surface area contributed by atoms with Crippen molar-refractivity contribution < 1.29 is 9.32 Å². The number of hydrogen-bond acceptors (Lipinski definition) is 7. The molecule has 0 saturated carbocycles. The fourth-order valence-corrected chi connectivity index (χ4v) is 3.43. The van der Waals surface area contributed by atoms with Gasteiger partial charge in [0.1, 0.15) is 12.3 Å². The van der Waals surface area contributed by atoms with E-state index in [4.69, 9.17) is 10.3 Å². The molecular formula is C13H13N5O2S2. The summed E-state index contributed by atoms with van der Waals surface area (Å²) in [5, 5.41) is 14.7. The summed E-state index contributed by atoms with van der Waals surface area (Å²) in [5.74, 6) is 1.51. The molecule has 0 radical (unpaired) electrons. The summed E-state index contributed by atoms with van der Waals surface area (Å²) in [6.07, 6.45) is 0. The molecule has 0 spiro atoms. The first-order chi connectivity index (χ1) is 10.6. The maximum Gasteiger partial charge on any atom is 0.237 e. The molecule has 3 aromatic heterocycles. The van der Waals surface area contributed by atoms with E-state index in [1.807, 2.05) is 30.5 Å². The lowest BCUT2D eigenvalue weighted by molar-refractivity contribution is -0.118. The van der Waals surface area contributed by atoms with Gasteiger partial charge in [-0.15, -0.1) is 21.5 Å². The third-order valence-electron chi connectivity index (χ3n) is 2.79.